The van der Waals surface area contributed by atoms with Crippen molar-refractivity contribution < 1.29 is 47.7 Å². The molecular formula is C72H81Cl3N6O10. The highest BCUT2D eigenvalue weighted by Gasteiger charge is 2.46. The highest BCUT2D eigenvalue weighted by molar-refractivity contribution is 6.66. The summed E-state index contributed by atoms with van der Waals surface area (Å²) in [7, 11) is 0. The first-order valence-corrected chi connectivity index (χ1v) is 32.4. The minimum atomic E-state index is -0.701. The number of halogens is 3. The first kappa shape index (κ1) is 66.3. The van der Waals surface area contributed by atoms with Gasteiger partial charge in [0.2, 0.25) is 11.1 Å². The molecule has 6 aliphatic rings. The second-order valence-electron chi connectivity index (χ2n) is 26.6. The zero-order valence-electron chi connectivity index (χ0n) is 53.1. The normalized spacial score (nSPS) is 18.9. The summed E-state index contributed by atoms with van der Waals surface area (Å²) in [6, 6.07) is 32.9. The number of ether oxygens (including phenoxy) is 4. The number of nitrogens with one attached hydrogen (secondary N) is 1. The third kappa shape index (κ3) is 15.3. The van der Waals surface area contributed by atoms with E-state index in [9.17, 15) is 28.8 Å². The van der Waals surface area contributed by atoms with Gasteiger partial charge in [-0.05, 0) is 173 Å². The minimum Gasteiger partial charge on any atom is -0.478 e. The number of rotatable bonds is 10. The van der Waals surface area contributed by atoms with Gasteiger partial charge in [0.05, 0.1) is 21.4 Å². The van der Waals surface area contributed by atoms with E-state index in [0.717, 1.165) is 79.8 Å². The molecule has 0 spiro atoms. The lowest BCUT2D eigenvalue weighted by Crippen LogP contribution is -2.58. The smallest absolute Gasteiger partial charge is 0.410 e. The van der Waals surface area contributed by atoms with Crippen molar-refractivity contribution in [3.8, 4) is 33.8 Å². The van der Waals surface area contributed by atoms with E-state index in [1.165, 1.54) is 6.08 Å². The van der Waals surface area contributed by atoms with Crippen molar-refractivity contribution >= 4 is 103 Å². The summed E-state index contributed by atoms with van der Waals surface area (Å²) in [6.07, 6.45) is 2.99. The zero-order chi connectivity index (χ0) is 65.2. The molecule has 6 aliphatic heterocycles. The monoisotopic (exact) mass is 1290 g/mol. The lowest BCUT2D eigenvalue weighted by Gasteiger charge is -2.45. The molecule has 19 heteroatoms. The molecule has 12 rings (SSSR count). The number of carbonyl (C=O) groups is 6. The number of likely N-dealkylation sites (tertiary alicyclic amines) is 3. The van der Waals surface area contributed by atoms with Crippen molar-refractivity contribution in [2.45, 2.75) is 104 Å². The predicted molar refractivity (Wildman–Crippen MR) is 361 cm³/mol. The van der Waals surface area contributed by atoms with Crippen molar-refractivity contribution in [1.29, 1.82) is 0 Å². The third-order valence-electron chi connectivity index (χ3n) is 17.4. The molecule has 6 aromatic carbocycles. The molecule has 4 saturated heterocycles. The van der Waals surface area contributed by atoms with Gasteiger partial charge < -0.3 is 48.8 Å². The number of piperidine rings is 2. The van der Waals surface area contributed by atoms with Gasteiger partial charge in [-0.15, -0.1) is 0 Å². The molecule has 0 saturated carbocycles. The Kier molecular flexibility index (Phi) is 20.2. The summed E-state index contributed by atoms with van der Waals surface area (Å²) in [5.41, 5.74) is 6.31. The Morgan fingerprint density at radius 1 is 0.571 bits per heavy atom. The van der Waals surface area contributed by atoms with E-state index in [1.807, 2.05) is 95.0 Å². The van der Waals surface area contributed by atoms with E-state index in [2.05, 4.69) is 80.9 Å². The number of amides is 5. The van der Waals surface area contributed by atoms with Gasteiger partial charge in [-0.1, -0.05) is 109 Å². The zero-order valence-corrected chi connectivity index (χ0v) is 55.4. The lowest BCUT2D eigenvalue weighted by atomic mass is 9.88. The molecule has 6 aromatic rings. The Hall–Kier alpha value is -7.63. The van der Waals surface area contributed by atoms with Crippen LogP contribution in [0.3, 0.4) is 0 Å². The first-order valence-electron chi connectivity index (χ1n) is 31.3. The number of nitrogens with zero attached hydrogens (tertiary/aromatic N) is 5. The van der Waals surface area contributed by atoms with E-state index in [0.29, 0.717) is 111 Å². The van der Waals surface area contributed by atoms with E-state index in [4.69, 9.17) is 53.8 Å². The summed E-state index contributed by atoms with van der Waals surface area (Å²) in [5.74, 6) is 1.48. The Labute approximate surface area is 548 Å². The maximum Gasteiger partial charge on any atom is 0.410 e. The summed E-state index contributed by atoms with van der Waals surface area (Å²) < 4.78 is 24.3. The molecule has 2 unspecified atom stereocenters. The molecule has 480 valence electrons. The quantitative estimate of drug-likeness (QED) is 0.102. The van der Waals surface area contributed by atoms with Gasteiger partial charge in [-0.2, -0.15) is 0 Å². The molecule has 0 bridgehead atoms. The molecule has 91 heavy (non-hydrogen) atoms. The van der Waals surface area contributed by atoms with Gasteiger partial charge >= 0.3 is 12.2 Å². The first-order chi connectivity index (χ1) is 43.3. The molecule has 2 atom stereocenters. The van der Waals surface area contributed by atoms with Crippen molar-refractivity contribution in [2.75, 3.05) is 75.2 Å². The molecule has 16 nitrogen and oxygen atoms in total. The molecule has 0 aliphatic carbocycles. The van der Waals surface area contributed by atoms with Crippen LogP contribution in [-0.4, -0.2) is 139 Å². The molecule has 5 amide bonds. The van der Waals surface area contributed by atoms with Crippen molar-refractivity contribution in [2.24, 2.45) is 23.7 Å². The second kappa shape index (κ2) is 27.7. The number of hydrogen-bond acceptors (Lipinski definition) is 11. The highest BCUT2D eigenvalue weighted by Crippen LogP contribution is 2.48. The average Bonchev–Trinajstić information content (AvgIpc) is 0.781. The van der Waals surface area contributed by atoms with E-state index in [-0.39, 0.29) is 47.7 Å². The number of allylic oxidation sites excluding steroid dienone is 1. The number of benzene rings is 6. The number of carbonyl (C=O) groups excluding carboxylic acids is 6. The Bertz CT molecular complexity index is 3800. The van der Waals surface area contributed by atoms with Gasteiger partial charge in [0.1, 0.15) is 22.7 Å². The highest BCUT2D eigenvalue weighted by atomic mass is 35.5. The minimum absolute atomic E-state index is 0.00437. The van der Waals surface area contributed by atoms with Crippen LogP contribution in [0, 0.1) is 37.5 Å². The van der Waals surface area contributed by atoms with E-state index < -0.39 is 28.7 Å². The van der Waals surface area contributed by atoms with E-state index >= 15 is 0 Å². The number of anilines is 2. The lowest BCUT2D eigenvalue weighted by molar-refractivity contribution is -0.133. The maximum atomic E-state index is 14.2. The Morgan fingerprint density at radius 3 is 1.33 bits per heavy atom. The summed E-state index contributed by atoms with van der Waals surface area (Å²) in [6.45, 7) is 28.0. The third-order valence-corrected chi connectivity index (χ3v) is 18.2. The fraction of sp³-hybridized carbons (Fsp3) is 0.417. The maximum absolute atomic E-state index is 14.2. The fourth-order valence-corrected chi connectivity index (χ4v) is 13.3. The van der Waals surface area contributed by atoms with Gasteiger partial charge in [-0.3, -0.25) is 19.2 Å². The topological polar surface area (TPSA) is 168 Å². The van der Waals surface area contributed by atoms with Gasteiger partial charge in [0, 0.05) is 100 Å². The SMILES string of the molecule is C=CC(=O)Cl.C=CC(=O)N1CC(CN2C(=O)C(C3CCN(C(=O)OC(C)(C)C)CC3)Oc3cc(-c4cc(C)cc5ccccc45)c(Cl)cc32)C1.Cc1cc(-c2cc3c(cc2Cl)N(CC2CNC2)C(=O)C(C2CCN(C(=O)OC(C)(C)C)CC2)O3)c2ccccc2c1. The summed E-state index contributed by atoms with van der Waals surface area (Å²) in [5, 5.41) is 8.42. The van der Waals surface area contributed by atoms with Crippen molar-refractivity contribution in [3.05, 3.63) is 144 Å². The van der Waals surface area contributed by atoms with E-state index in [1.54, 1.807) is 19.6 Å². The predicted octanol–water partition coefficient (Wildman–Crippen LogP) is 14.2. The van der Waals surface area contributed by atoms with Crippen LogP contribution in [0.1, 0.15) is 78.4 Å². The number of fused-ring (bicyclic) bond motifs is 4. The molecule has 1 N–H and O–H groups in total. The van der Waals surface area contributed by atoms with Gasteiger partial charge in [0.15, 0.2) is 12.2 Å². The molecule has 0 aromatic heterocycles. The second-order valence-corrected chi connectivity index (χ2v) is 27.8. The van der Waals surface area contributed by atoms with Crippen LogP contribution in [0.25, 0.3) is 43.8 Å². The average molecular weight is 1300 g/mol. The van der Waals surface area contributed by atoms with Gasteiger partial charge in [-0.25, -0.2) is 9.59 Å². The number of hydrogen-bond donors (Lipinski definition) is 1. The Morgan fingerprint density at radius 2 is 0.967 bits per heavy atom. The summed E-state index contributed by atoms with van der Waals surface area (Å²) >= 11 is 18.7. The van der Waals surface area contributed by atoms with Crippen LogP contribution in [0.2, 0.25) is 10.0 Å². The fourth-order valence-electron chi connectivity index (χ4n) is 12.8. The summed E-state index contributed by atoms with van der Waals surface area (Å²) in [4.78, 5) is 83.9. The molecule has 0 radical (unpaired) electrons. The van der Waals surface area contributed by atoms with Crippen LogP contribution < -0.4 is 24.6 Å². The van der Waals surface area contributed by atoms with Gasteiger partial charge in [0.25, 0.3) is 11.8 Å². The number of aryl methyl sites for hydroxylation is 2. The Balaban J connectivity index is 0.000000187. The van der Waals surface area contributed by atoms with Crippen molar-refractivity contribution in [1.82, 2.24) is 20.0 Å². The van der Waals surface area contributed by atoms with Crippen LogP contribution in [0.5, 0.6) is 11.5 Å². The molecule has 4 fully saturated rings. The van der Waals surface area contributed by atoms with Crippen LogP contribution in [-0.2, 0) is 28.7 Å². The standard InChI is InChI=1S/C36H40ClN3O5.C33H38ClN3O4.C3H3ClO/c1-6-32(41)39-19-23(20-39)21-40-30-18-29(37)28(27-16-22(2)15-25-9-7-8-10-26(25)27)17-31(30)44-33(34(40)42)24-11-13-38(14-12-24)35(43)45-36(3,4)5;1-20-13-23-7-5-6-8-24(23)25(14-20)26-15-29-28(16-27(26)34)37(19-21-17-35-18-21)31(38)30(40-29)22-9-11-36(12-10-22)32(39)41-33(2,3)4;1-2-3(4)5/h6-10,15-18,23-24,33H,1,11-14,19-21H2,2-5H3;5-8,13-16,21-22,30,35H,9-12,17-19H2,1-4H3;2H,1H2. The molecular weight excluding hydrogens is 1220 g/mol. The molecule has 6 heterocycles. The van der Waals surface area contributed by atoms with Crippen LogP contribution in [0.4, 0.5) is 21.0 Å². The van der Waals surface area contributed by atoms with Crippen LogP contribution >= 0.6 is 34.8 Å². The van der Waals surface area contributed by atoms with Crippen LogP contribution in [0.15, 0.2) is 122 Å². The largest absolute Gasteiger partial charge is 0.478 e. The van der Waals surface area contributed by atoms with Crippen molar-refractivity contribution in [3.63, 3.8) is 0 Å².